The molecule has 3 nitrogen and oxygen atoms in total. The van der Waals surface area contributed by atoms with E-state index in [1.807, 2.05) is 24.3 Å². The first-order chi connectivity index (χ1) is 6.36. The van der Waals surface area contributed by atoms with Gasteiger partial charge in [-0.05, 0) is 17.7 Å². The molecule has 1 radical (unpaired) electrons. The second-order valence-electron chi connectivity index (χ2n) is 2.45. The Labute approximate surface area is 83.5 Å². The zero-order valence-corrected chi connectivity index (χ0v) is 8.04. The fraction of sp³-hybridized carbons (Fsp3) is 0.250. The van der Waals surface area contributed by atoms with E-state index in [2.05, 4.69) is 9.52 Å². The number of nitrogens with one attached hydrogen (secondary N) is 1. The molecule has 0 saturated carbocycles. The summed E-state index contributed by atoms with van der Waals surface area (Å²) in [5.74, 6) is 0. The van der Waals surface area contributed by atoms with Crippen LogP contribution in [0, 0.1) is 0 Å². The van der Waals surface area contributed by atoms with Gasteiger partial charge in [0.15, 0.2) is 0 Å². The quantitative estimate of drug-likeness (QED) is 0.734. The summed E-state index contributed by atoms with van der Waals surface area (Å²) >= 11 is 5.12. The summed E-state index contributed by atoms with van der Waals surface area (Å²) in [7, 11) is 3.09. The number of hydrogen-bond acceptors (Lipinski definition) is 3. The van der Waals surface area contributed by atoms with Crippen LogP contribution in [0.2, 0.25) is 0 Å². The summed E-state index contributed by atoms with van der Waals surface area (Å²) in [6.45, 7) is 0.413. The van der Waals surface area contributed by atoms with Gasteiger partial charge in [0.1, 0.15) is 0 Å². The van der Waals surface area contributed by atoms with Crippen molar-refractivity contribution in [3.05, 3.63) is 29.8 Å². The second-order valence-corrected chi connectivity index (χ2v) is 2.67. The normalized spacial score (nSPS) is 9.69. The molecule has 0 aliphatic rings. The molecule has 1 aromatic rings. The number of rotatable bonds is 5. The smallest absolute Gasteiger partial charge is 0.422 e. The predicted molar refractivity (Wildman–Crippen MR) is 53.5 cm³/mol. The molecule has 1 aromatic carbocycles. The molecule has 0 unspecified atom stereocenters. The molecule has 1 rings (SSSR count). The zero-order chi connectivity index (χ0) is 9.52. The Balaban J connectivity index is 2.48. The van der Waals surface area contributed by atoms with Crippen molar-refractivity contribution >= 4 is 25.2 Å². The summed E-state index contributed by atoms with van der Waals surface area (Å²) in [5.41, 5.74) is 1.98. The van der Waals surface area contributed by atoms with Crippen LogP contribution in [0.3, 0.4) is 0 Å². The Morgan fingerprint density at radius 1 is 1.38 bits per heavy atom. The van der Waals surface area contributed by atoms with Crippen molar-refractivity contribution in [3.63, 3.8) is 0 Å². The van der Waals surface area contributed by atoms with Crippen LogP contribution in [0.25, 0.3) is 0 Å². The van der Waals surface area contributed by atoms with E-state index in [0.717, 1.165) is 11.3 Å². The van der Waals surface area contributed by atoms with Crippen LogP contribution in [0.4, 0.5) is 5.69 Å². The van der Waals surface area contributed by atoms with Gasteiger partial charge >= 0.3 is 7.62 Å². The standard InChI is InChI=1S/C8H10BClNO2/c1-12-9-11-8-4-2-7(3-5-8)6-13-10/h2-5,11H,6H2,1H3. The van der Waals surface area contributed by atoms with Gasteiger partial charge in [0.05, 0.1) is 18.5 Å². The maximum Gasteiger partial charge on any atom is 0.435 e. The number of benzene rings is 1. The minimum Gasteiger partial charge on any atom is -0.422 e. The lowest BCUT2D eigenvalue weighted by Crippen LogP contribution is -2.07. The van der Waals surface area contributed by atoms with Crippen LogP contribution < -0.4 is 5.23 Å². The van der Waals surface area contributed by atoms with Crippen molar-refractivity contribution < 1.29 is 8.94 Å². The molecule has 0 aromatic heterocycles. The third kappa shape index (κ3) is 3.68. The molecule has 0 bridgehead atoms. The third-order valence-electron chi connectivity index (χ3n) is 1.52. The van der Waals surface area contributed by atoms with Crippen molar-refractivity contribution in [2.75, 3.05) is 12.3 Å². The molecule has 0 aliphatic heterocycles. The molecule has 0 saturated heterocycles. The van der Waals surface area contributed by atoms with E-state index in [1.165, 1.54) is 7.62 Å². The molecule has 0 fully saturated rings. The molecule has 0 heterocycles. The lowest BCUT2D eigenvalue weighted by Gasteiger charge is -2.03. The highest BCUT2D eigenvalue weighted by atomic mass is 35.5. The Kier molecular flexibility index (Phi) is 4.68. The fourth-order valence-corrected chi connectivity index (χ4v) is 1.01. The number of hydrogen-bond donors (Lipinski definition) is 1. The topological polar surface area (TPSA) is 30.5 Å². The summed E-state index contributed by atoms with van der Waals surface area (Å²) < 4.78 is 9.21. The van der Waals surface area contributed by atoms with Crippen LogP contribution in [0.5, 0.6) is 0 Å². The lowest BCUT2D eigenvalue weighted by molar-refractivity contribution is 0.341. The van der Waals surface area contributed by atoms with Gasteiger partial charge in [-0.1, -0.05) is 12.1 Å². The van der Waals surface area contributed by atoms with Gasteiger partial charge in [0.25, 0.3) is 0 Å². The average molecular weight is 198 g/mol. The molecule has 0 spiro atoms. The van der Waals surface area contributed by atoms with E-state index in [0.29, 0.717) is 6.61 Å². The molecule has 0 amide bonds. The van der Waals surface area contributed by atoms with Crippen molar-refractivity contribution in [1.82, 2.24) is 0 Å². The fourth-order valence-electron chi connectivity index (χ4n) is 0.887. The van der Waals surface area contributed by atoms with Crippen molar-refractivity contribution in [2.24, 2.45) is 0 Å². The van der Waals surface area contributed by atoms with Gasteiger partial charge in [-0.3, -0.25) is 4.29 Å². The average Bonchev–Trinajstić information content (AvgIpc) is 2.17. The lowest BCUT2D eigenvalue weighted by atomic mass is 10.2. The Morgan fingerprint density at radius 3 is 2.62 bits per heavy atom. The van der Waals surface area contributed by atoms with Crippen LogP contribution in [-0.4, -0.2) is 14.7 Å². The summed E-state index contributed by atoms with van der Waals surface area (Å²) in [6.07, 6.45) is 0. The molecule has 69 valence electrons. The molecular weight excluding hydrogens is 188 g/mol. The molecular formula is C8H10BClNO2. The van der Waals surface area contributed by atoms with Gasteiger partial charge in [0, 0.05) is 12.8 Å². The monoisotopic (exact) mass is 198 g/mol. The van der Waals surface area contributed by atoms with E-state index in [-0.39, 0.29) is 0 Å². The molecule has 1 N–H and O–H groups in total. The molecule has 0 aliphatic carbocycles. The number of halogens is 1. The van der Waals surface area contributed by atoms with Crippen LogP contribution in [-0.2, 0) is 15.6 Å². The van der Waals surface area contributed by atoms with E-state index >= 15 is 0 Å². The highest BCUT2D eigenvalue weighted by molar-refractivity contribution is 6.32. The highest BCUT2D eigenvalue weighted by Crippen LogP contribution is 2.10. The van der Waals surface area contributed by atoms with Gasteiger partial charge in [-0.2, -0.15) is 0 Å². The van der Waals surface area contributed by atoms with E-state index < -0.39 is 0 Å². The van der Waals surface area contributed by atoms with Crippen molar-refractivity contribution in [3.8, 4) is 0 Å². The molecule has 5 heteroatoms. The maximum absolute atomic E-state index is 5.12. The second kappa shape index (κ2) is 5.86. The molecule has 0 atom stereocenters. The zero-order valence-electron chi connectivity index (χ0n) is 7.29. The minimum atomic E-state index is 0.413. The summed E-state index contributed by atoms with van der Waals surface area (Å²) in [5, 5.41) is 2.94. The van der Waals surface area contributed by atoms with Crippen LogP contribution >= 0.6 is 11.9 Å². The van der Waals surface area contributed by atoms with Gasteiger partial charge < -0.3 is 9.88 Å². The Bertz CT molecular complexity index is 242. The number of anilines is 1. The van der Waals surface area contributed by atoms with E-state index in [1.54, 1.807) is 7.11 Å². The summed E-state index contributed by atoms with van der Waals surface area (Å²) in [4.78, 5) is 0. The first-order valence-electron chi connectivity index (χ1n) is 3.80. The van der Waals surface area contributed by atoms with Crippen molar-refractivity contribution in [1.29, 1.82) is 0 Å². The Morgan fingerprint density at radius 2 is 2.08 bits per heavy atom. The van der Waals surface area contributed by atoms with E-state index in [4.69, 9.17) is 16.5 Å². The van der Waals surface area contributed by atoms with Crippen molar-refractivity contribution in [2.45, 2.75) is 6.61 Å². The first-order valence-corrected chi connectivity index (χ1v) is 4.11. The van der Waals surface area contributed by atoms with E-state index in [9.17, 15) is 0 Å². The van der Waals surface area contributed by atoms with Gasteiger partial charge in [-0.25, -0.2) is 0 Å². The third-order valence-corrected chi connectivity index (χ3v) is 1.63. The maximum atomic E-state index is 5.12. The summed E-state index contributed by atoms with van der Waals surface area (Å²) in [6, 6.07) is 7.68. The first kappa shape index (κ1) is 10.4. The largest absolute Gasteiger partial charge is 0.435 e. The highest BCUT2D eigenvalue weighted by Gasteiger charge is 1.94. The minimum absolute atomic E-state index is 0.413. The molecule has 13 heavy (non-hydrogen) atoms. The Hall–Kier alpha value is -0.705. The SMILES string of the molecule is CO[B]Nc1ccc(COCl)cc1. The van der Waals surface area contributed by atoms with Crippen LogP contribution in [0.15, 0.2) is 24.3 Å². The van der Waals surface area contributed by atoms with Crippen LogP contribution in [0.1, 0.15) is 5.56 Å². The predicted octanol–water partition coefficient (Wildman–Crippen LogP) is 1.95. The van der Waals surface area contributed by atoms with Gasteiger partial charge in [0.2, 0.25) is 0 Å². The van der Waals surface area contributed by atoms with Gasteiger partial charge in [-0.15, -0.1) is 0 Å².